The molecule has 0 aromatic carbocycles. The molecule has 78 valence electrons. The smallest absolute Gasteiger partial charge is 0.315 e. The minimum absolute atomic E-state index is 0.315. The largest absolute Gasteiger partial charge is 0.390 e. The molecular weight excluding hydrogens is 195 g/mol. The normalized spacial score (nSPS) is 11.7. The lowest BCUT2D eigenvalue weighted by atomic mass is 10.3. The van der Waals surface area contributed by atoms with Gasteiger partial charge in [-0.1, -0.05) is 6.07 Å². The van der Waals surface area contributed by atoms with E-state index in [2.05, 4.69) is 0 Å². The number of hydrogen-bond acceptors (Lipinski definition) is 1. The summed E-state index contributed by atoms with van der Waals surface area (Å²) in [5.74, 6) is 0. The van der Waals surface area contributed by atoms with Crippen LogP contribution in [0, 0.1) is 6.92 Å². The summed E-state index contributed by atoms with van der Waals surface area (Å²) in [4.78, 5) is 11.3. The highest BCUT2D eigenvalue weighted by atomic mass is 19.4. The van der Waals surface area contributed by atoms with Gasteiger partial charge in [-0.25, -0.2) is 0 Å². The topological polar surface area (TPSA) is 22.0 Å². The van der Waals surface area contributed by atoms with Crippen LogP contribution in [0.15, 0.2) is 23.1 Å². The third kappa shape index (κ3) is 2.90. The van der Waals surface area contributed by atoms with E-state index in [4.69, 9.17) is 0 Å². The van der Waals surface area contributed by atoms with Gasteiger partial charge in [0.15, 0.2) is 0 Å². The van der Waals surface area contributed by atoms with Gasteiger partial charge in [0.05, 0.1) is 6.42 Å². The van der Waals surface area contributed by atoms with Crippen LogP contribution in [0.5, 0.6) is 0 Å². The van der Waals surface area contributed by atoms with Crippen molar-refractivity contribution >= 4 is 0 Å². The first kappa shape index (κ1) is 10.8. The van der Waals surface area contributed by atoms with Gasteiger partial charge in [-0.15, -0.1) is 0 Å². The molecule has 0 saturated heterocycles. The minimum Gasteiger partial charge on any atom is -0.315 e. The van der Waals surface area contributed by atoms with E-state index in [0.29, 0.717) is 5.56 Å². The molecule has 0 amide bonds. The number of hydrogen-bond donors (Lipinski definition) is 0. The Morgan fingerprint density at radius 1 is 1.43 bits per heavy atom. The summed E-state index contributed by atoms with van der Waals surface area (Å²) >= 11 is 0. The van der Waals surface area contributed by atoms with Crippen LogP contribution in [0.4, 0.5) is 13.2 Å². The monoisotopic (exact) mass is 205 g/mol. The third-order valence-electron chi connectivity index (χ3n) is 1.85. The Kier molecular flexibility index (Phi) is 2.98. The van der Waals surface area contributed by atoms with Crippen LogP contribution in [0.3, 0.4) is 0 Å². The molecule has 0 fully saturated rings. The summed E-state index contributed by atoms with van der Waals surface area (Å²) in [5, 5.41) is 0. The van der Waals surface area contributed by atoms with Gasteiger partial charge < -0.3 is 4.57 Å². The van der Waals surface area contributed by atoms with Gasteiger partial charge in [0.2, 0.25) is 0 Å². The van der Waals surface area contributed by atoms with Gasteiger partial charge in [-0.05, 0) is 13.0 Å². The Hall–Kier alpha value is -1.26. The van der Waals surface area contributed by atoms with Gasteiger partial charge in [-0.2, -0.15) is 13.2 Å². The molecule has 0 aliphatic carbocycles. The zero-order chi connectivity index (χ0) is 10.8. The molecule has 1 aromatic rings. The van der Waals surface area contributed by atoms with Gasteiger partial charge in [-0.3, -0.25) is 4.79 Å². The van der Waals surface area contributed by atoms with E-state index >= 15 is 0 Å². The van der Waals surface area contributed by atoms with Gasteiger partial charge in [0, 0.05) is 18.3 Å². The second-order valence-corrected chi connectivity index (χ2v) is 3.05. The number of pyridine rings is 1. The molecule has 5 heteroatoms. The van der Waals surface area contributed by atoms with Crippen molar-refractivity contribution in [1.82, 2.24) is 4.57 Å². The maximum atomic E-state index is 11.9. The lowest BCUT2D eigenvalue weighted by molar-refractivity contribution is -0.136. The fraction of sp³-hybridized carbons (Fsp3) is 0.444. The lowest BCUT2D eigenvalue weighted by Crippen LogP contribution is -2.24. The molecule has 0 atom stereocenters. The predicted octanol–water partition coefficient (Wildman–Crippen LogP) is 2.11. The fourth-order valence-electron chi connectivity index (χ4n) is 1.08. The highest BCUT2D eigenvalue weighted by Crippen LogP contribution is 2.19. The zero-order valence-corrected chi connectivity index (χ0v) is 7.64. The Morgan fingerprint density at radius 3 is 2.64 bits per heavy atom. The van der Waals surface area contributed by atoms with Crippen molar-refractivity contribution in [2.45, 2.75) is 26.1 Å². The van der Waals surface area contributed by atoms with Crippen molar-refractivity contribution in [3.8, 4) is 0 Å². The average molecular weight is 205 g/mol. The molecule has 2 nitrogen and oxygen atoms in total. The predicted molar refractivity (Wildman–Crippen MR) is 46.1 cm³/mol. The van der Waals surface area contributed by atoms with Crippen LogP contribution in [-0.4, -0.2) is 10.7 Å². The molecule has 0 spiro atoms. The van der Waals surface area contributed by atoms with Crippen molar-refractivity contribution in [2.75, 3.05) is 0 Å². The number of nitrogens with zero attached hydrogens (tertiary/aromatic N) is 1. The van der Waals surface area contributed by atoms with Crippen molar-refractivity contribution in [3.05, 3.63) is 34.2 Å². The highest BCUT2D eigenvalue weighted by molar-refractivity contribution is 5.07. The summed E-state index contributed by atoms with van der Waals surface area (Å²) in [7, 11) is 0. The highest BCUT2D eigenvalue weighted by Gasteiger charge is 2.26. The van der Waals surface area contributed by atoms with Crippen LogP contribution in [0.25, 0.3) is 0 Å². The first-order chi connectivity index (χ1) is 6.40. The Labute approximate surface area is 79.0 Å². The summed E-state index contributed by atoms with van der Waals surface area (Å²) in [6.07, 6.45) is -3.83. The number of alkyl halides is 3. The van der Waals surface area contributed by atoms with E-state index in [1.54, 1.807) is 19.1 Å². The van der Waals surface area contributed by atoms with Crippen molar-refractivity contribution in [3.63, 3.8) is 0 Å². The van der Waals surface area contributed by atoms with Crippen molar-refractivity contribution < 1.29 is 13.2 Å². The Balaban J connectivity index is 2.78. The van der Waals surface area contributed by atoms with E-state index in [1.807, 2.05) is 0 Å². The van der Waals surface area contributed by atoms with Crippen LogP contribution in [0.1, 0.15) is 12.0 Å². The van der Waals surface area contributed by atoms with Crippen LogP contribution in [0.2, 0.25) is 0 Å². The molecule has 0 unspecified atom stereocenters. The molecule has 0 aliphatic rings. The summed E-state index contributed by atoms with van der Waals surface area (Å²) in [6, 6.07) is 3.14. The van der Waals surface area contributed by atoms with Crippen molar-refractivity contribution in [1.29, 1.82) is 0 Å². The SMILES string of the molecule is Cc1cccn(CCC(F)(F)F)c1=O. The van der Waals surface area contributed by atoms with Crippen LogP contribution < -0.4 is 5.56 Å². The quantitative estimate of drug-likeness (QED) is 0.724. The first-order valence-corrected chi connectivity index (χ1v) is 4.13. The molecule has 0 bridgehead atoms. The van der Waals surface area contributed by atoms with E-state index in [9.17, 15) is 18.0 Å². The molecule has 1 heterocycles. The van der Waals surface area contributed by atoms with E-state index < -0.39 is 12.6 Å². The van der Waals surface area contributed by atoms with E-state index in [0.717, 1.165) is 4.57 Å². The van der Waals surface area contributed by atoms with Crippen LogP contribution in [-0.2, 0) is 6.54 Å². The number of halogens is 3. The van der Waals surface area contributed by atoms with Crippen molar-refractivity contribution in [2.24, 2.45) is 0 Å². The third-order valence-corrected chi connectivity index (χ3v) is 1.85. The first-order valence-electron chi connectivity index (χ1n) is 4.13. The molecule has 0 N–H and O–H groups in total. The van der Waals surface area contributed by atoms with E-state index in [1.165, 1.54) is 6.20 Å². The average Bonchev–Trinajstić information content (AvgIpc) is 2.06. The number of aryl methyl sites for hydroxylation is 2. The van der Waals surface area contributed by atoms with Gasteiger partial charge in [0.1, 0.15) is 0 Å². The molecular formula is C9H10F3NO. The second-order valence-electron chi connectivity index (χ2n) is 3.05. The van der Waals surface area contributed by atoms with Gasteiger partial charge in [0.25, 0.3) is 5.56 Å². The zero-order valence-electron chi connectivity index (χ0n) is 7.64. The Bertz CT molecular complexity index is 367. The fourth-order valence-corrected chi connectivity index (χ4v) is 1.08. The molecule has 0 aliphatic heterocycles. The second kappa shape index (κ2) is 3.86. The summed E-state index contributed by atoms with van der Waals surface area (Å²) in [5.41, 5.74) is 0.0893. The Morgan fingerprint density at radius 2 is 2.07 bits per heavy atom. The molecule has 1 aromatic heterocycles. The summed E-state index contributed by atoms with van der Waals surface area (Å²) in [6.45, 7) is 1.26. The lowest BCUT2D eigenvalue weighted by Gasteiger charge is -2.08. The maximum absolute atomic E-state index is 11.9. The number of rotatable bonds is 2. The molecule has 1 rings (SSSR count). The van der Waals surface area contributed by atoms with Crippen LogP contribution >= 0.6 is 0 Å². The number of aromatic nitrogens is 1. The molecule has 14 heavy (non-hydrogen) atoms. The maximum Gasteiger partial charge on any atom is 0.390 e. The van der Waals surface area contributed by atoms with Gasteiger partial charge >= 0.3 is 6.18 Å². The standard InChI is InChI=1S/C9H10F3NO/c1-7-3-2-5-13(8(7)14)6-4-9(10,11)12/h2-3,5H,4,6H2,1H3. The van der Waals surface area contributed by atoms with E-state index in [-0.39, 0.29) is 12.1 Å². The summed E-state index contributed by atoms with van der Waals surface area (Å²) < 4.78 is 36.6. The molecule has 0 saturated carbocycles. The molecule has 0 radical (unpaired) electrons. The minimum atomic E-state index is -4.22.